The fourth-order valence-corrected chi connectivity index (χ4v) is 2.40. The van der Waals surface area contributed by atoms with Crippen molar-refractivity contribution in [2.45, 2.75) is 18.6 Å². The molecule has 1 aliphatic rings. The molecule has 104 valence electrons. The van der Waals surface area contributed by atoms with Crippen molar-refractivity contribution in [3.63, 3.8) is 0 Å². The Bertz CT molecular complexity index is 666. The zero-order chi connectivity index (χ0) is 14.7. The molecule has 3 rings (SSSR count). The predicted octanol–water partition coefficient (Wildman–Crippen LogP) is 2.37. The van der Waals surface area contributed by atoms with Crippen LogP contribution in [0.5, 0.6) is 5.75 Å². The summed E-state index contributed by atoms with van der Waals surface area (Å²) in [5, 5.41) is 12.0. The molecule has 0 radical (unpaired) electrons. The smallest absolute Gasteiger partial charge is 0.262 e. The normalized spacial score (nSPS) is 17.2. The number of amides is 1. The van der Waals surface area contributed by atoms with Crippen molar-refractivity contribution in [3.8, 4) is 11.8 Å². The van der Waals surface area contributed by atoms with Gasteiger partial charge in [-0.1, -0.05) is 48.5 Å². The predicted molar refractivity (Wildman–Crippen MR) is 77.5 cm³/mol. The number of ether oxygens (including phenoxy) is 1. The molecule has 21 heavy (non-hydrogen) atoms. The first-order valence-corrected chi connectivity index (χ1v) is 6.77. The summed E-state index contributed by atoms with van der Waals surface area (Å²) in [5.74, 6) is 0.479. The average molecular weight is 278 g/mol. The van der Waals surface area contributed by atoms with Gasteiger partial charge < -0.3 is 10.1 Å². The van der Waals surface area contributed by atoms with Crippen LogP contribution in [0.25, 0.3) is 0 Å². The van der Waals surface area contributed by atoms with Gasteiger partial charge in [-0.15, -0.1) is 0 Å². The molecule has 0 bridgehead atoms. The van der Waals surface area contributed by atoms with E-state index in [1.165, 1.54) is 0 Å². The van der Waals surface area contributed by atoms with Gasteiger partial charge in [-0.05, 0) is 17.2 Å². The summed E-state index contributed by atoms with van der Waals surface area (Å²) in [6.45, 7) is 0. The van der Waals surface area contributed by atoms with Crippen LogP contribution in [-0.2, 0) is 11.2 Å². The molecule has 0 fully saturated rings. The summed E-state index contributed by atoms with van der Waals surface area (Å²) < 4.78 is 5.63. The molecule has 2 aromatic carbocycles. The van der Waals surface area contributed by atoms with Gasteiger partial charge in [0.1, 0.15) is 11.8 Å². The number of fused-ring (bicyclic) bond motifs is 1. The molecule has 1 amide bonds. The van der Waals surface area contributed by atoms with Crippen LogP contribution in [0.15, 0.2) is 54.6 Å². The number of carbonyl (C=O) groups is 1. The summed E-state index contributed by atoms with van der Waals surface area (Å²) in [6, 6.07) is 18.2. The molecule has 0 aromatic heterocycles. The maximum absolute atomic E-state index is 12.3. The van der Waals surface area contributed by atoms with Crippen LogP contribution in [0.2, 0.25) is 0 Å². The minimum atomic E-state index is -0.661. The van der Waals surface area contributed by atoms with Crippen molar-refractivity contribution in [2.75, 3.05) is 0 Å². The zero-order valence-corrected chi connectivity index (χ0v) is 11.3. The van der Waals surface area contributed by atoms with Crippen molar-refractivity contribution in [1.82, 2.24) is 5.32 Å². The van der Waals surface area contributed by atoms with Gasteiger partial charge in [-0.2, -0.15) is 5.26 Å². The molecular weight excluding hydrogens is 264 g/mol. The molecule has 4 heteroatoms. The maximum Gasteiger partial charge on any atom is 0.262 e. The second-order valence-corrected chi connectivity index (χ2v) is 4.90. The van der Waals surface area contributed by atoms with Crippen LogP contribution >= 0.6 is 0 Å². The molecular formula is C17H14N2O2. The summed E-state index contributed by atoms with van der Waals surface area (Å²) in [5.41, 5.74) is 1.79. The third kappa shape index (κ3) is 2.72. The van der Waals surface area contributed by atoms with Gasteiger partial charge in [0.05, 0.1) is 6.07 Å². The van der Waals surface area contributed by atoms with Gasteiger partial charge in [-0.25, -0.2) is 0 Å². The number of rotatable bonds is 3. The number of carbonyl (C=O) groups excluding carboxylic acids is 1. The van der Waals surface area contributed by atoms with Crippen LogP contribution in [0.1, 0.15) is 17.2 Å². The summed E-state index contributed by atoms with van der Waals surface area (Å²) in [6.07, 6.45) is -0.0310. The number of nitriles is 1. The van der Waals surface area contributed by atoms with Gasteiger partial charge >= 0.3 is 0 Å². The van der Waals surface area contributed by atoms with Gasteiger partial charge in [0.15, 0.2) is 6.10 Å². The van der Waals surface area contributed by atoms with E-state index >= 15 is 0 Å². The molecule has 1 N–H and O–H groups in total. The number of benzene rings is 2. The van der Waals surface area contributed by atoms with Crippen LogP contribution in [0, 0.1) is 11.3 Å². The minimum absolute atomic E-state index is 0.262. The van der Waals surface area contributed by atoms with E-state index in [1.807, 2.05) is 54.6 Å². The third-order valence-corrected chi connectivity index (χ3v) is 3.49. The highest BCUT2D eigenvalue weighted by Crippen LogP contribution is 2.28. The van der Waals surface area contributed by atoms with E-state index < -0.39 is 12.1 Å². The molecule has 0 spiro atoms. The Kier molecular flexibility index (Phi) is 3.57. The van der Waals surface area contributed by atoms with Crippen LogP contribution < -0.4 is 10.1 Å². The SMILES string of the molecule is N#CC(NC(=O)C1Cc2ccccc2O1)c1ccccc1. The Morgan fingerprint density at radius 2 is 1.90 bits per heavy atom. The van der Waals surface area contributed by atoms with E-state index in [-0.39, 0.29) is 5.91 Å². The number of nitrogens with zero attached hydrogens (tertiary/aromatic N) is 1. The Balaban J connectivity index is 1.69. The molecule has 4 nitrogen and oxygen atoms in total. The first-order valence-electron chi connectivity index (χ1n) is 6.77. The van der Waals surface area contributed by atoms with E-state index in [4.69, 9.17) is 4.74 Å². The summed E-state index contributed by atoms with van der Waals surface area (Å²) in [7, 11) is 0. The quantitative estimate of drug-likeness (QED) is 0.937. The molecule has 2 aromatic rings. The number of nitrogens with one attached hydrogen (secondary N) is 1. The number of hydrogen-bond acceptors (Lipinski definition) is 3. The van der Waals surface area contributed by atoms with Crippen molar-refractivity contribution in [1.29, 1.82) is 5.26 Å². The van der Waals surface area contributed by atoms with Crippen LogP contribution in [-0.4, -0.2) is 12.0 Å². The largest absolute Gasteiger partial charge is 0.480 e. The first-order chi connectivity index (χ1) is 10.3. The fraction of sp³-hybridized carbons (Fsp3) is 0.176. The van der Waals surface area contributed by atoms with E-state index in [0.29, 0.717) is 6.42 Å². The summed E-state index contributed by atoms with van der Waals surface area (Å²) in [4.78, 5) is 12.3. The first kappa shape index (κ1) is 13.2. The number of para-hydroxylation sites is 1. The second kappa shape index (κ2) is 5.68. The highest BCUT2D eigenvalue weighted by Gasteiger charge is 2.30. The highest BCUT2D eigenvalue weighted by molar-refractivity contribution is 5.83. The Morgan fingerprint density at radius 3 is 2.62 bits per heavy atom. The topological polar surface area (TPSA) is 62.1 Å². The Hall–Kier alpha value is -2.80. The van der Waals surface area contributed by atoms with Gasteiger partial charge in [0.2, 0.25) is 0 Å². The highest BCUT2D eigenvalue weighted by atomic mass is 16.5. The van der Waals surface area contributed by atoms with Crippen LogP contribution in [0.3, 0.4) is 0 Å². The molecule has 1 aliphatic heterocycles. The fourth-order valence-electron chi connectivity index (χ4n) is 2.40. The lowest BCUT2D eigenvalue weighted by Crippen LogP contribution is -2.39. The molecule has 0 saturated carbocycles. The molecule has 0 aliphatic carbocycles. The average Bonchev–Trinajstić information content (AvgIpc) is 2.97. The van der Waals surface area contributed by atoms with Crippen LogP contribution in [0.4, 0.5) is 0 Å². The number of hydrogen-bond donors (Lipinski definition) is 1. The molecule has 1 heterocycles. The lowest BCUT2D eigenvalue weighted by Gasteiger charge is -2.15. The van der Waals surface area contributed by atoms with E-state index in [9.17, 15) is 10.1 Å². The zero-order valence-electron chi connectivity index (χ0n) is 11.3. The van der Waals surface area contributed by atoms with E-state index in [2.05, 4.69) is 11.4 Å². The second-order valence-electron chi connectivity index (χ2n) is 4.90. The Morgan fingerprint density at radius 1 is 1.19 bits per heavy atom. The van der Waals surface area contributed by atoms with Crippen molar-refractivity contribution >= 4 is 5.91 Å². The monoisotopic (exact) mass is 278 g/mol. The molecule has 2 unspecified atom stereocenters. The maximum atomic E-state index is 12.3. The minimum Gasteiger partial charge on any atom is -0.480 e. The van der Waals surface area contributed by atoms with Gasteiger partial charge in [-0.3, -0.25) is 4.79 Å². The Labute approximate surface area is 123 Å². The van der Waals surface area contributed by atoms with Gasteiger partial charge in [0, 0.05) is 6.42 Å². The standard InChI is InChI=1S/C17H14N2O2/c18-11-14(12-6-2-1-3-7-12)19-17(20)16-10-13-8-4-5-9-15(13)21-16/h1-9,14,16H,10H2,(H,19,20). The lowest BCUT2D eigenvalue weighted by molar-refractivity contribution is -0.127. The van der Waals surface area contributed by atoms with E-state index in [0.717, 1.165) is 16.9 Å². The third-order valence-electron chi connectivity index (χ3n) is 3.49. The van der Waals surface area contributed by atoms with Crippen molar-refractivity contribution in [2.24, 2.45) is 0 Å². The summed E-state index contributed by atoms with van der Waals surface area (Å²) >= 11 is 0. The van der Waals surface area contributed by atoms with Gasteiger partial charge in [0.25, 0.3) is 5.91 Å². The van der Waals surface area contributed by atoms with Crippen molar-refractivity contribution < 1.29 is 9.53 Å². The van der Waals surface area contributed by atoms with E-state index in [1.54, 1.807) is 0 Å². The molecule has 0 saturated heterocycles. The molecule has 2 atom stereocenters. The van der Waals surface area contributed by atoms with Crippen molar-refractivity contribution in [3.05, 3.63) is 65.7 Å². The lowest BCUT2D eigenvalue weighted by atomic mass is 10.1.